The van der Waals surface area contributed by atoms with Crippen molar-refractivity contribution in [3.05, 3.63) is 54.1 Å². The first-order chi connectivity index (χ1) is 10.1. The number of hydrogen-bond acceptors (Lipinski definition) is 3. The summed E-state index contributed by atoms with van der Waals surface area (Å²) >= 11 is 0. The summed E-state index contributed by atoms with van der Waals surface area (Å²) in [5, 5.41) is 3.20. The van der Waals surface area contributed by atoms with E-state index < -0.39 is 0 Å². The third-order valence-electron chi connectivity index (χ3n) is 3.12. The summed E-state index contributed by atoms with van der Waals surface area (Å²) in [4.78, 5) is 18.0. The quantitative estimate of drug-likeness (QED) is 0.917. The molecule has 2 rings (SSSR count). The number of nitrogens with one attached hydrogen (secondary N) is 1. The number of nitrogens with zero attached hydrogens (tertiary/aromatic N) is 2. The van der Waals surface area contributed by atoms with Gasteiger partial charge in [-0.3, -0.25) is 9.78 Å². The van der Waals surface area contributed by atoms with Crippen LogP contribution in [0, 0.1) is 5.82 Å². The van der Waals surface area contributed by atoms with Crippen LogP contribution in [0.15, 0.2) is 42.7 Å². The van der Waals surface area contributed by atoms with E-state index in [2.05, 4.69) is 17.2 Å². The van der Waals surface area contributed by atoms with E-state index in [1.165, 1.54) is 23.2 Å². The van der Waals surface area contributed by atoms with Crippen molar-refractivity contribution in [1.82, 2.24) is 4.98 Å². The number of halogens is 1. The van der Waals surface area contributed by atoms with Crippen molar-refractivity contribution in [3.63, 3.8) is 0 Å². The van der Waals surface area contributed by atoms with Crippen LogP contribution in [0.1, 0.15) is 23.7 Å². The molecule has 2 aromatic rings. The van der Waals surface area contributed by atoms with Gasteiger partial charge in [0, 0.05) is 31.7 Å². The zero-order chi connectivity index (χ0) is 15.2. The maximum absolute atomic E-state index is 13.3. The van der Waals surface area contributed by atoms with Crippen LogP contribution in [0.4, 0.5) is 15.8 Å². The minimum Gasteiger partial charge on any atom is -0.384 e. The Hall–Kier alpha value is -2.43. The van der Waals surface area contributed by atoms with Gasteiger partial charge >= 0.3 is 0 Å². The second-order valence-electron chi connectivity index (χ2n) is 4.69. The minimum atomic E-state index is -0.373. The topological polar surface area (TPSA) is 45.2 Å². The largest absolute Gasteiger partial charge is 0.384 e. The molecule has 1 N–H and O–H groups in total. The monoisotopic (exact) mass is 287 g/mol. The van der Waals surface area contributed by atoms with Crippen molar-refractivity contribution < 1.29 is 9.18 Å². The Morgan fingerprint density at radius 3 is 2.90 bits per heavy atom. The number of pyridine rings is 1. The molecule has 1 aromatic heterocycles. The first-order valence-electron chi connectivity index (χ1n) is 6.85. The SMILES string of the molecule is CCCNc1ccncc1C(=O)N(C)c1cccc(F)c1. The Morgan fingerprint density at radius 2 is 2.19 bits per heavy atom. The van der Waals surface area contributed by atoms with E-state index in [-0.39, 0.29) is 11.7 Å². The van der Waals surface area contributed by atoms with E-state index in [4.69, 9.17) is 0 Å². The minimum absolute atomic E-state index is 0.229. The molecular formula is C16H18FN3O. The molecular weight excluding hydrogens is 269 g/mol. The van der Waals surface area contributed by atoms with Gasteiger partial charge in [-0.25, -0.2) is 4.39 Å². The summed E-state index contributed by atoms with van der Waals surface area (Å²) in [5.41, 5.74) is 1.71. The van der Waals surface area contributed by atoms with E-state index >= 15 is 0 Å². The molecule has 21 heavy (non-hydrogen) atoms. The number of anilines is 2. The lowest BCUT2D eigenvalue weighted by Crippen LogP contribution is -2.27. The summed E-state index contributed by atoms with van der Waals surface area (Å²) in [6, 6.07) is 7.71. The number of carbonyl (C=O) groups excluding carboxylic acids is 1. The van der Waals surface area contributed by atoms with Gasteiger partial charge in [-0.15, -0.1) is 0 Å². The molecule has 0 aliphatic rings. The van der Waals surface area contributed by atoms with Crippen LogP contribution in [0.25, 0.3) is 0 Å². The highest BCUT2D eigenvalue weighted by molar-refractivity contribution is 6.09. The number of amides is 1. The number of benzene rings is 1. The molecule has 0 aliphatic carbocycles. The summed E-state index contributed by atoms with van der Waals surface area (Å²) < 4.78 is 13.3. The normalized spacial score (nSPS) is 10.2. The van der Waals surface area contributed by atoms with Crippen molar-refractivity contribution in [1.29, 1.82) is 0 Å². The Labute approximate surface area is 123 Å². The van der Waals surface area contributed by atoms with E-state index in [0.717, 1.165) is 18.7 Å². The molecule has 0 spiro atoms. The Morgan fingerprint density at radius 1 is 1.38 bits per heavy atom. The fourth-order valence-electron chi connectivity index (χ4n) is 1.96. The van der Waals surface area contributed by atoms with Crippen molar-refractivity contribution in [3.8, 4) is 0 Å². The second kappa shape index (κ2) is 6.83. The smallest absolute Gasteiger partial charge is 0.261 e. The highest BCUT2D eigenvalue weighted by atomic mass is 19.1. The van der Waals surface area contributed by atoms with Crippen LogP contribution in [-0.2, 0) is 0 Å². The summed E-state index contributed by atoms with van der Waals surface area (Å²) in [6.07, 6.45) is 4.11. The van der Waals surface area contributed by atoms with Crippen LogP contribution in [0.5, 0.6) is 0 Å². The average Bonchev–Trinajstić information content (AvgIpc) is 2.51. The third kappa shape index (κ3) is 3.56. The number of rotatable bonds is 5. The zero-order valence-corrected chi connectivity index (χ0v) is 12.1. The van der Waals surface area contributed by atoms with Gasteiger partial charge in [-0.2, -0.15) is 0 Å². The van der Waals surface area contributed by atoms with Crippen molar-refractivity contribution in [2.75, 3.05) is 23.8 Å². The molecule has 0 atom stereocenters. The summed E-state index contributed by atoms with van der Waals surface area (Å²) in [5.74, 6) is -0.602. The van der Waals surface area contributed by atoms with Crippen molar-refractivity contribution >= 4 is 17.3 Å². The molecule has 0 bridgehead atoms. The molecule has 1 amide bonds. The molecule has 0 aliphatic heterocycles. The van der Waals surface area contributed by atoms with E-state index in [1.54, 1.807) is 31.4 Å². The molecule has 0 saturated carbocycles. The van der Waals surface area contributed by atoms with Crippen LogP contribution >= 0.6 is 0 Å². The van der Waals surface area contributed by atoms with Gasteiger partial charge in [0.25, 0.3) is 5.91 Å². The highest BCUT2D eigenvalue weighted by Crippen LogP contribution is 2.20. The number of carbonyl (C=O) groups is 1. The van der Waals surface area contributed by atoms with E-state index in [9.17, 15) is 9.18 Å². The van der Waals surface area contributed by atoms with Crippen LogP contribution < -0.4 is 10.2 Å². The fraction of sp³-hybridized carbons (Fsp3) is 0.250. The third-order valence-corrected chi connectivity index (χ3v) is 3.12. The Bertz CT molecular complexity index is 630. The molecule has 1 aromatic carbocycles. The lowest BCUT2D eigenvalue weighted by molar-refractivity contribution is 0.0993. The van der Waals surface area contributed by atoms with Gasteiger partial charge in [0.05, 0.1) is 11.3 Å². The van der Waals surface area contributed by atoms with Gasteiger partial charge < -0.3 is 10.2 Å². The van der Waals surface area contributed by atoms with Gasteiger partial charge in [0.1, 0.15) is 5.82 Å². The standard InChI is InChI=1S/C16H18FN3O/c1-3-8-19-15-7-9-18-11-14(15)16(21)20(2)13-6-4-5-12(17)10-13/h4-7,9-11H,3,8H2,1-2H3,(H,18,19). The van der Waals surface area contributed by atoms with E-state index in [0.29, 0.717) is 11.3 Å². The van der Waals surface area contributed by atoms with Crippen LogP contribution in [0.2, 0.25) is 0 Å². The van der Waals surface area contributed by atoms with Crippen LogP contribution in [0.3, 0.4) is 0 Å². The lowest BCUT2D eigenvalue weighted by Gasteiger charge is -2.19. The highest BCUT2D eigenvalue weighted by Gasteiger charge is 2.17. The first-order valence-corrected chi connectivity index (χ1v) is 6.85. The first kappa shape index (κ1) is 15.0. The maximum Gasteiger partial charge on any atom is 0.261 e. The fourth-order valence-corrected chi connectivity index (χ4v) is 1.96. The molecule has 4 nitrogen and oxygen atoms in total. The molecule has 0 unspecified atom stereocenters. The Kier molecular flexibility index (Phi) is 4.87. The van der Waals surface area contributed by atoms with Gasteiger partial charge in [-0.05, 0) is 30.7 Å². The predicted octanol–water partition coefficient (Wildman–Crippen LogP) is 3.32. The van der Waals surface area contributed by atoms with Crippen molar-refractivity contribution in [2.24, 2.45) is 0 Å². The van der Waals surface area contributed by atoms with Gasteiger partial charge in [-0.1, -0.05) is 13.0 Å². The number of aromatic nitrogens is 1. The summed E-state index contributed by atoms with van der Waals surface area (Å²) in [6.45, 7) is 2.82. The molecule has 0 fully saturated rings. The van der Waals surface area contributed by atoms with Crippen LogP contribution in [-0.4, -0.2) is 24.5 Å². The average molecular weight is 287 g/mol. The number of hydrogen-bond donors (Lipinski definition) is 1. The second-order valence-corrected chi connectivity index (χ2v) is 4.69. The molecule has 110 valence electrons. The zero-order valence-electron chi connectivity index (χ0n) is 12.1. The van der Waals surface area contributed by atoms with Gasteiger partial charge in [0.2, 0.25) is 0 Å². The maximum atomic E-state index is 13.3. The lowest BCUT2D eigenvalue weighted by atomic mass is 10.2. The van der Waals surface area contributed by atoms with Crippen molar-refractivity contribution in [2.45, 2.75) is 13.3 Å². The Balaban J connectivity index is 2.27. The van der Waals surface area contributed by atoms with Gasteiger partial charge in [0.15, 0.2) is 0 Å². The predicted molar refractivity (Wildman–Crippen MR) is 82.2 cm³/mol. The molecule has 0 saturated heterocycles. The molecule has 5 heteroatoms. The molecule has 1 heterocycles. The molecule has 0 radical (unpaired) electrons. The summed E-state index contributed by atoms with van der Waals surface area (Å²) in [7, 11) is 1.62. The van der Waals surface area contributed by atoms with E-state index in [1.807, 2.05) is 0 Å².